The van der Waals surface area contributed by atoms with Crippen LogP contribution in [0.2, 0.25) is 0 Å². The number of nitrogens with one attached hydrogen (secondary N) is 2. The highest BCUT2D eigenvalue weighted by molar-refractivity contribution is 5.96. The molecule has 0 spiro atoms. The molecule has 0 radical (unpaired) electrons. The van der Waals surface area contributed by atoms with Crippen molar-refractivity contribution in [2.24, 2.45) is 0 Å². The van der Waals surface area contributed by atoms with Crippen LogP contribution in [0.3, 0.4) is 0 Å². The Kier molecular flexibility index (Phi) is 11.7. The van der Waals surface area contributed by atoms with Crippen LogP contribution in [0.4, 0.5) is 4.79 Å². The fourth-order valence-corrected chi connectivity index (χ4v) is 4.06. The number of para-hydroxylation sites is 1. The summed E-state index contributed by atoms with van der Waals surface area (Å²) in [6.07, 6.45) is -1.36. The fourth-order valence-electron chi connectivity index (χ4n) is 4.06. The number of hydrogen-bond acceptors (Lipinski definition) is 10. The summed E-state index contributed by atoms with van der Waals surface area (Å²) in [4.78, 5) is 68.1. The van der Waals surface area contributed by atoms with Crippen LogP contribution in [-0.2, 0) is 24.0 Å². The first-order valence-corrected chi connectivity index (χ1v) is 13.6. The summed E-state index contributed by atoms with van der Waals surface area (Å²) in [5, 5.41) is 20.2. The van der Waals surface area contributed by atoms with Crippen LogP contribution in [0.15, 0.2) is 36.4 Å². The Balaban J connectivity index is 1.74. The molecule has 228 valence electrons. The second kappa shape index (κ2) is 15.4. The zero-order valence-electron chi connectivity index (χ0n) is 23.8. The Bertz CT molecular complexity index is 1240. The van der Waals surface area contributed by atoms with E-state index in [4.69, 9.17) is 14.3 Å². The van der Waals surface area contributed by atoms with Crippen LogP contribution >= 0.6 is 0 Å². The van der Waals surface area contributed by atoms with Crippen molar-refractivity contribution in [1.82, 2.24) is 30.4 Å². The predicted molar refractivity (Wildman–Crippen MR) is 147 cm³/mol. The Morgan fingerprint density at radius 1 is 1.02 bits per heavy atom. The maximum absolute atomic E-state index is 13.3. The van der Waals surface area contributed by atoms with Gasteiger partial charge < -0.3 is 35.0 Å². The van der Waals surface area contributed by atoms with E-state index in [9.17, 15) is 29.1 Å². The van der Waals surface area contributed by atoms with Crippen molar-refractivity contribution in [2.45, 2.75) is 45.7 Å². The van der Waals surface area contributed by atoms with Crippen LogP contribution in [0.1, 0.15) is 44.1 Å². The van der Waals surface area contributed by atoms with Crippen LogP contribution in [0, 0.1) is 0 Å². The summed E-state index contributed by atoms with van der Waals surface area (Å²) in [6, 6.07) is 8.91. The lowest BCUT2D eigenvalue weighted by Gasteiger charge is -2.35. The van der Waals surface area contributed by atoms with Crippen molar-refractivity contribution >= 4 is 29.8 Å². The van der Waals surface area contributed by atoms with Crippen molar-refractivity contribution in [2.75, 3.05) is 39.4 Å². The highest BCUT2D eigenvalue weighted by Crippen LogP contribution is 2.20. The van der Waals surface area contributed by atoms with Gasteiger partial charge in [-0.3, -0.25) is 19.2 Å². The number of rotatable bonds is 13. The van der Waals surface area contributed by atoms with Gasteiger partial charge >= 0.3 is 12.1 Å². The molecule has 2 aromatic rings. The van der Waals surface area contributed by atoms with E-state index in [-0.39, 0.29) is 75.8 Å². The molecule has 1 aliphatic rings. The van der Waals surface area contributed by atoms with Crippen LogP contribution < -0.4 is 15.4 Å². The molecule has 42 heavy (non-hydrogen) atoms. The zero-order valence-corrected chi connectivity index (χ0v) is 23.8. The zero-order chi connectivity index (χ0) is 30.6. The highest BCUT2D eigenvalue weighted by Gasteiger charge is 2.31. The van der Waals surface area contributed by atoms with Gasteiger partial charge in [-0.05, 0) is 39.3 Å². The largest absolute Gasteiger partial charge is 0.527 e. The number of ether oxygens (including phenoxy) is 2. The number of carboxylic acids is 1. The molecule has 3 N–H and O–H groups in total. The van der Waals surface area contributed by atoms with E-state index in [2.05, 4.69) is 15.7 Å². The van der Waals surface area contributed by atoms with Gasteiger partial charge in [-0.25, -0.2) is 9.48 Å². The van der Waals surface area contributed by atoms with Crippen molar-refractivity contribution in [3.63, 3.8) is 0 Å². The summed E-state index contributed by atoms with van der Waals surface area (Å²) in [5.74, 6) is -2.57. The molecule has 0 saturated carbocycles. The number of hydroxylamine groups is 2. The van der Waals surface area contributed by atoms with Crippen molar-refractivity contribution in [3.05, 3.63) is 42.1 Å². The first kappa shape index (κ1) is 31.9. The molecule has 2 heterocycles. The van der Waals surface area contributed by atoms with Crippen LogP contribution in [0.25, 0.3) is 5.69 Å². The summed E-state index contributed by atoms with van der Waals surface area (Å²) < 4.78 is 11.8. The molecule has 15 nitrogen and oxygen atoms in total. The lowest BCUT2D eigenvalue weighted by atomic mass is 10.1. The lowest BCUT2D eigenvalue weighted by Crippen LogP contribution is -2.55. The van der Waals surface area contributed by atoms with Gasteiger partial charge in [0, 0.05) is 31.6 Å². The summed E-state index contributed by atoms with van der Waals surface area (Å²) in [7, 11) is 0. The molecule has 1 aromatic carbocycles. The number of nitrogens with zero attached hydrogens (tertiary/aromatic N) is 4. The highest BCUT2D eigenvalue weighted by atomic mass is 16.8. The van der Waals surface area contributed by atoms with E-state index in [1.165, 1.54) is 20.7 Å². The molecular formula is C27H36N6O9. The maximum Gasteiger partial charge on any atom is 0.527 e. The molecule has 3 rings (SSSR count). The number of aliphatic carboxylic acids is 1. The second-order valence-corrected chi connectivity index (χ2v) is 9.61. The van der Waals surface area contributed by atoms with Crippen LogP contribution in [-0.4, -0.2) is 106 Å². The number of piperazine rings is 1. The number of carbonyl (C=O) groups is 5. The number of hydrogen-bond donors (Lipinski definition) is 3. The average molecular weight is 589 g/mol. The first-order chi connectivity index (χ1) is 20.1. The van der Waals surface area contributed by atoms with Crippen molar-refractivity contribution in [1.29, 1.82) is 0 Å². The van der Waals surface area contributed by atoms with Gasteiger partial charge in [0.15, 0.2) is 12.3 Å². The molecule has 3 amide bonds. The third kappa shape index (κ3) is 9.47. The molecule has 1 saturated heterocycles. The predicted octanol–water partition coefficient (Wildman–Crippen LogP) is 0.971. The topological polar surface area (TPSA) is 182 Å². The molecule has 15 heteroatoms. The number of carbonyl (C=O) groups excluding carboxylic acids is 4. The Morgan fingerprint density at radius 2 is 1.71 bits per heavy atom. The van der Waals surface area contributed by atoms with Gasteiger partial charge in [-0.2, -0.15) is 5.10 Å². The Morgan fingerprint density at radius 3 is 2.33 bits per heavy atom. The van der Waals surface area contributed by atoms with Gasteiger partial charge in [0.2, 0.25) is 11.8 Å². The average Bonchev–Trinajstić information content (AvgIpc) is 3.39. The minimum atomic E-state index is -1.16. The minimum absolute atomic E-state index is 0.0881. The molecule has 1 fully saturated rings. The number of amides is 3. The van der Waals surface area contributed by atoms with E-state index >= 15 is 0 Å². The fraction of sp³-hybridized carbons (Fsp3) is 0.481. The summed E-state index contributed by atoms with van der Waals surface area (Å²) in [5.41, 5.74) is 0.469. The van der Waals surface area contributed by atoms with E-state index < -0.39 is 30.0 Å². The summed E-state index contributed by atoms with van der Waals surface area (Å²) >= 11 is 0. The number of benzene rings is 1. The number of aromatic nitrogens is 2. The molecule has 1 atom stereocenters. The molecule has 0 unspecified atom stereocenters. The lowest BCUT2D eigenvalue weighted by molar-refractivity contribution is -0.157. The van der Waals surface area contributed by atoms with Gasteiger partial charge in [0.1, 0.15) is 6.04 Å². The van der Waals surface area contributed by atoms with Gasteiger partial charge in [-0.15, -0.1) is 5.06 Å². The molecule has 1 aromatic heterocycles. The third-order valence-electron chi connectivity index (χ3n) is 5.98. The van der Waals surface area contributed by atoms with E-state index in [0.29, 0.717) is 5.69 Å². The number of carboxylic acid groups (broad SMARTS) is 1. The van der Waals surface area contributed by atoms with E-state index in [1.54, 1.807) is 37.3 Å². The smallest absolute Gasteiger partial charge is 0.481 e. The van der Waals surface area contributed by atoms with Crippen LogP contribution in [0.5, 0.6) is 5.88 Å². The normalized spacial score (nSPS) is 14.1. The quantitative estimate of drug-likeness (QED) is 0.284. The SMILES string of the molecule is CCOC(=O)ON1CCN(C(=O)[C@H](CCC(=O)O)NC(=O)c2cc(OCC(=O)NC(C)C)n(-c3ccccc3)n2)CC1. The maximum atomic E-state index is 13.3. The monoisotopic (exact) mass is 588 g/mol. The van der Waals surface area contributed by atoms with Gasteiger partial charge in [-0.1, -0.05) is 18.2 Å². The molecule has 0 aliphatic carbocycles. The third-order valence-corrected chi connectivity index (χ3v) is 5.98. The molecular weight excluding hydrogens is 552 g/mol. The van der Waals surface area contributed by atoms with Gasteiger partial charge in [0.25, 0.3) is 11.8 Å². The molecule has 0 bridgehead atoms. The Labute approximate surface area is 242 Å². The van der Waals surface area contributed by atoms with E-state index in [1.807, 2.05) is 13.8 Å². The van der Waals surface area contributed by atoms with Gasteiger partial charge in [0.05, 0.1) is 25.4 Å². The second-order valence-electron chi connectivity index (χ2n) is 9.61. The van der Waals surface area contributed by atoms with Crippen molar-refractivity contribution < 1.29 is 43.4 Å². The first-order valence-electron chi connectivity index (χ1n) is 13.6. The molecule has 1 aliphatic heterocycles. The van der Waals surface area contributed by atoms with Crippen molar-refractivity contribution in [3.8, 4) is 11.6 Å². The van der Waals surface area contributed by atoms with E-state index in [0.717, 1.165) is 0 Å². The minimum Gasteiger partial charge on any atom is -0.481 e. The Hall–Kier alpha value is -4.66. The summed E-state index contributed by atoms with van der Waals surface area (Å²) in [6.45, 7) is 5.88. The standard InChI is InChI=1S/C27H36N6O9/c1-4-40-27(39)42-32-14-12-31(13-15-32)26(38)20(10-11-24(35)36)29-25(37)21-16-23(41-17-22(34)28-18(2)3)33(30-21)19-8-6-5-7-9-19/h5-9,16,18,20H,4,10-15,17H2,1-3H3,(H,28,34)(H,29,37)(H,35,36)/t20-/m0/s1.